The molecule has 0 N–H and O–H groups in total. The van der Waals surface area contributed by atoms with E-state index in [0.29, 0.717) is 17.4 Å². The van der Waals surface area contributed by atoms with Crippen LogP contribution in [0.5, 0.6) is 0 Å². The maximum absolute atomic E-state index is 14.1. The molecular formula is C21H14F4. The van der Waals surface area contributed by atoms with E-state index in [1.165, 1.54) is 12.1 Å². The minimum Gasteiger partial charge on any atom is -0.207 e. The van der Waals surface area contributed by atoms with E-state index in [4.69, 9.17) is 0 Å². The fourth-order valence-corrected chi connectivity index (χ4v) is 2.64. The Morgan fingerprint density at radius 2 is 1.52 bits per heavy atom. The second kappa shape index (κ2) is 6.98. The van der Waals surface area contributed by atoms with E-state index >= 15 is 0 Å². The van der Waals surface area contributed by atoms with Gasteiger partial charge in [-0.25, -0.2) is 17.6 Å². The van der Waals surface area contributed by atoms with Gasteiger partial charge in [-0.3, -0.25) is 0 Å². The third-order valence-corrected chi connectivity index (χ3v) is 3.90. The fraction of sp³-hybridized carbons (Fsp3) is 0.143. The average Bonchev–Trinajstić information content (AvgIpc) is 2.60. The summed E-state index contributed by atoms with van der Waals surface area (Å²) in [6, 6.07) is 10.3. The van der Waals surface area contributed by atoms with Crippen LogP contribution in [0.4, 0.5) is 17.6 Å². The molecule has 25 heavy (non-hydrogen) atoms. The van der Waals surface area contributed by atoms with Crippen molar-refractivity contribution >= 4 is 10.8 Å². The highest BCUT2D eigenvalue weighted by Crippen LogP contribution is 2.21. The molecular weight excluding hydrogens is 328 g/mol. The number of hydrogen-bond donors (Lipinski definition) is 0. The molecule has 4 heteroatoms. The van der Waals surface area contributed by atoms with Gasteiger partial charge >= 0.3 is 0 Å². The zero-order valence-electron chi connectivity index (χ0n) is 13.5. The van der Waals surface area contributed by atoms with E-state index in [-0.39, 0.29) is 23.4 Å². The van der Waals surface area contributed by atoms with E-state index in [1.54, 1.807) is 31.2 Å². The summed E-state index contributed by atoms with van der Waals surface area (Å²) in [5.74, 6) is 1.72. The predicted molar refractivity (Wildman–Crippen MR) is 90.2 cm³/mol. The first-order valence-corrected chi connectivity index (χ1v) is 7.87. The van der Waals surface area contributed by atoms with Gasteiger partial charge in [-0.15, -0.1) is 0 Å². The molecule has 0 bridgehead atoms. The third kappa shape index (κ3) is 3.51. The van der Waals surface area contributed by atoms with Gasteiger partial charge in [0.05, 0.1) is 5.56 Å². The van der Waals surface area contributed by atoms with Crippen LogP contribution < -0.4 is 0 Å². The van der Waals surface area contributed by atoms with Crippen LogP contribution in [0.1, 0.15) is 30.0 Å². The fourth-order valence-electron chi connectivity index (χ4n) is 2.64. The molecule has 3 aromatic carbocycles. The number of hydrogen-bond acceptors (Lipinski definition) is 0. The summed E-state index contributed by atoms with van der Waals surface area (Å²) in [6.07, 6.45) is 0.638. The summed E-state index contributed by atoms with van der Waals surface area (Å²) in [5.41, 5.74) is -0.0377. The molecule has 0 nitrogen and oxygen atoms in total. The van der Waals surface area contributed by atoms with Crippen molar-refractivity contribution in [2.45, 2.75) is 19.8 Å². The topological polar surface area (TPSA) is 0 Å². The van der Waals surface area contributed by atoms with Gasteiger partial charge in [-0.05, 0) is 47.5 Å². The minimum atomic E-state index is -1.18. The second-order valence-electron chi connectivity index (χ2n) is 5.72. The van der Waals surface area contributed by atoms with E-state index in [0.717, 1.165) is 11.5 Å². The molecule has 0 aliphatic carbocycles. The monoisotopic (exact) mass is 342 g/mol. The largest absolute Gasteiger partial charge is 0.207 e. The molecule has 0 fully saturated rings. The normalized spacial score (nSPS) is 10.6. The highest BCUT2D eigenvalue weighted by Gasteiger charge is 2.17. The smallest absolute Gasteiger partial charge is 0.174 e. The Balaban J connectivity index is 2.00. The number of fused-ring (bicyclic) bond motifs is 1. The van der Waals surface area contributed by atoms with Gasteiger partial charge in [-0.2, -0.15) is 0 Å². The number of rotatable bonds is 2. The summed E-state index contributed by atoms with van der Waals surface area (Å²) in [4.78, 5) is 0. The molecule has 0 saturated carbocycles. The van der Waals surface area contributed by atoms with Crippen molar-refractivity contribution in [3.05, 3.63) is 82.4 Å². The van der Waals surface area contributed by atoms with E-state index in [2.05, 4.69) is 11.8 Å². The predicted octanol–water partition coefficient (Wildman–Crippen LogP) is 5.75. The van der Waals surface area contributed by atoms with E-state index in [1.807, 2.05) is 0 Å². The molecule has 3 rings (SSSR count). The number of halogens is 4. The molecule has 0 saturated heterocycles. The molecule has 0 aliphatic rings. The molecule has 0 aromatic heterocycles. The lowest BCUT2D eigenvalue weighted by Crippen LogP contribution is -2.02. The molecule has 126 valence electrons. The van der Waals surface area contributed by atoms with Crippen molar-refractivity contribution in [1.82, 2.24) is 0 Å². The van der Waals surface area contributed by atoms with Crippen LogP contribution in [-0.4, -0.2) is 0 Å². The van der Waals surface area contributed by atoms with Crippen molar-refractivity contribution in [1.29, 1.82) is 0 Å². The summed E-state index contributed by atoms with van der Waals surface area (Å²) in [7, 11) is 0. The van der Waals surface area contributed by atoms with Crippen LogP contribution in [0.2, 0.25) is 0 Å². The molecule has 0 atom stereocenters. The summed E-state index contributed by atoms with van der Waals surface area (Å²) < 4.78 is 55.2. The number of benzene rings is 3. The Kier molecular flexibility index (Phi) is 4.76. The van der Waals surface area contributed by atoms with Crippen LogP contribution in [0.15, 0.2) is 42.5 Å². The van der Waals surface area contributed by atoms with Crippen molar-refractivity contribution in [2.75, 3.05) is 0 Å². The molecule has 0 unspecified atom stereocenters. The first-order valence-electron chi connectivity index (χ1n) is 7.87. The standard InChI is InChI=1S/C21H14F4/c1-2-3-18-19(23)12-16(20(24)21(18)25)7-5-13-4-6-15-11-17(22)9-8-14(15)10-13/h4,6,8-12H,2-3H2,1H3. The van der Waals surface area contributed by atoms with Gasteiger partial charge in [0.1, 0.15) is 11.6 Å². The Morgan fingerprint density at radius 1 is 0.800 bits per heavy atom. The van der Waals surface area contributed by atoms with Crippen molar-refractivity contribution < 1.29 is 17.6 Å². The van der Waals surface area contributed by atoms with Crippen molar-refractivity contribution in [3.8, 4) is 11.8 Å². The lowest BCUT2D eigenvalue weighted by atomic mass is 10.0. The lowest BCUT2D eigenvalue weighted by molar-refractivity contribution is 0.476. The van der Waals surface area contributed by atoms with Gasteiger partial charge in [0.15, 0.2) is 11.6 Å². The second-order valence-corrected chi connectivity index (χ2v) is 5.72. The van der Waals surface area contributed by atoms with E-state index in [9.17, 15) is 17.6 Å². The van der Waals surface area contributed by atoms with Crippen LogP contribution >= 0.6 is 0 Å². The maximum Gasteiger partial charge on any atom is 0.174 e. The summed E-state index contributed by atoms with van der Waals surface area (Å²) >= 11 is 0. The Bertz CT molecular complexity index is 1010. The minimum absolute atomic E-state index is 0.129. The molecule has 0 radical (unpaired) electrons. The average molecular weight is 342 g/mol. The Hall–Kier alpha value is -2.80. The molecule has 0 amide bonds. The van der Waals surface area contributed by atoms with Gasteiger partial charge in [0.2, 0.25) is 0 Å². The molecule has 0 spiro atoms. The van der Waals surface area contributed by atoms with Crippen LogP contribution in [0.25, 0.3) is 10.8 Å². The van der Waals surface area contributed by atoms with Gasteiger partial charge in [0, 0.05) is 11.1 Å². The van der Waals surface area contributed by atoms with Crippen LogP contribution in [0, 0.1) is 35.1 Å². The van der Waals surface area contributed by atoms with Gasteiger partial charge < -0.3 is 0 Å². The highest BCUT2D eigenvalue weighted by atomic mass is 19.2. The highest BCUT2D eigenvalue weighted by molar-refractivity contribution is 5.83. The quantitative estimate of drug-likeness (QED) is 0.316. The first-order chi connectivity index (χ1) is 12.0. The maximum atomic E-state index is 14.1. The Labute approximate surface area is 143 Å². The third-order valence-electron chi connectivity index (χ3n) is 3.90. The van der Waals surface area contributed by atoms with Gasteiger partial charge in [-0.1, -0.05) is 37.3 Å². The van der Waals surface area contributed by atoms with Gasteiger partial charge in [0.25, 0.3) is 0 Å². The molecule has 0 aliphatic heterocycles. The van der Waals surface area contributed by atoms with Crippen molar-refractivity contribution in [3.63, 3.8) is 0 Å². The zero-order chi connectivity index (χ0) is 18.0. The zero-order valence-corrected chi connectivity index (χ0v) is 13.5. The SMILES string of the molecule is CCCc1c(F)cc(C#Cc2ccc3cc(F)ccc3c2)c(F)c1F. The van der Waals surface area contributed by atoms with Crippen LogP contribution in [0.3, 0.4) is 0 Å². The molecule has 3 aromatic rings. The first kappa shape index (κ1) is 17.0. The molecule has 0 heterocycles. The van der Waals surface area contributed by atoms with Crippen molar-refractivity contribution in [2.24, 2.45) is 0 Å². The lowest BCUT2D eigenvalue weighted by Gasteiger charge is -2.06. The van der Waals surface area contributed by atoms with E-state index < -0.39 is 17.5 Å². The summed E-state index contributed by atoms with van der Waals surface area (Å²) in [6.45, 7) is 1.76. The van der Waals surface area contributed by atoms with Crippen LogP contribution in [-0.2, 0) is 6.42 Å². The summed E-state index contributed by atoms with van der Waals surface area (Å²) in [5, 5.41) is 1.47. The Morgan fingerprint density at radius 3 is 2.28 bits per heavy atom.